The quantitative estimate of drug-likeness (QED) is 0.630. The van der Waals surface area contributed by atoms with Crippen LogP contribution in [0.4, 0.5) is 0 Å². The molecule has 2 aromatic rings. The minimum absolute atomic E-state index is 0.0187. The first-order valence-corrected chi connectivity index (χ1v) is 7.36. The van der Waals surface area contributed by atoms with Crippen LogP contribution in [0.5, 0.6) is 0 Å². The SMILES string of the molecule is C/C=C/C=C/C(=O)N(C)[C@H](C)c1nc2ccccc2s1. The lowest BCUT2D eigenvalue weighted by atomic mass is 10.3. The van der Waals surface area contributed by atoms with E-state index >= 15 is 0 Å². The Morgan fingerprint density at radius 1 is 1.35 bits per heavy atom. The van der Waals surface area contributed by atoms with Gasteiger partial charge in [-0.25, -0.2) is 4.98 Å². The molecule has 20 heavy (non-hydrogen) atoms. The van der Waals surface area contributed by atoms with Gasteiger partial charge in [0.1, 0.15) is 5.01 Å². The first kappa shape index (κ1) is 14.5. The number of carbonyl (C=O) groups excluding carboxylic acids is 1. The van der Waals surface area contributed by atoms with Crippen molar-refractivity contribution in [3.8, 4) is 0 Å². The van der Waals surface area contributed by atoms with E-state index in [2.05, 4.69) is 11.1 Å². The Morgan fingerprint density at radius 3 is 2.80 bits per heavy atom. The van der Waals surface area contributed by atoms with E-state index in [1.54, 1.807) is 35.4 Å². The van der Waals surface area contributed by atoms with Crippen molar-refractivity contribution in [1.82, 2.24) is 9.88 Å². The van der Waals surface area contributed by atoms with Crippen molar-refractivity contribution in [2.45, 2.75) is 19.9 Å². The summed E-state index contributed by atoms with van der Waals surface area (Å²) in [6.45, 7) is 3.92. The zero-order valence-electron chi connectivity index (χ0n) is 11.9. The molecular formula is C16H18N2OS. The van der Waals surface area contributed by atoms with Crippen molar-refractivity contribution < 1.29 is 4.79 Å². The number of rotatable bonds is 4. The number of thiazole rings is 1. The average Bonchev–Trinajstić information content (AvgIpc) is 2.89. The fourth-order valence-corrected chi connectivity index (χ4v) is 2.85. The molecule has 0 unspecified atom stereocenters. The van der Waals surface area contributed by atoms with E-state index in [1.807, 2.05) is 44.2 Å². The molecule has 1 aromatic heterocycles. The molecule has 0 aliphatic carbocycles. The molecule has 0 saturated heterocycles. The van der Waals surface area contributed by atoms with Crippen molar-refractivity contribution in [3.05, 3.63) is 53.6 Å². The predicted octanol–water partition coefficient (Wildman–Crippen LogP) is 3.95. The minimum atomic E-state index is -0.0323. The number of allylic oxidation sites excluding steroid dienone is 3. The van der Waals surface area contributed by atoms with E-state index in [9.17, 15) is 4.79 Å². The number of hydrogen-bond donors (Lipinski definition) is 0. The van der Waals surface area contributed by atoms with E-state index in [0.29, 0.717) is 0 Å². The number of benzene rings is 1. The highest BCUT2D eigenvalue weighted by molar-refractivity contribution is 7.18. The lowest BCUT2D eigenvalue weighted by Gasteiger charge is -2.21. The first-order valence-electron chi connectivity index (χ1n) is 6.55. The Hall–Kier alpha value is -1.94. The standard InChI is InChI=1S/C16H18N2OS/c1-4-5-6-11-15(19)18(3)12(2)16-17-13-9-7-8-10-14(13)20-16/h4-12H,1-3H3/b5-4+,11-6+/t12-/m1/s1. The van der Waals surface area contributed by atoms with Crippen molar-refractivity contribution in [1.29, 1.82) is 0 Å². The second-order valence-electron chi connectivity index (χ2n) is 4.53. The van der Waals surface area contributed by atoms with Crippen LogP contribution in [-0.2, 0) is 4.79 Å². The van der Waals surface area contributed by atoms with Gasteiger partial charge in [0.15, 0.2) is 0 Å². The maximum Gasteiger partial charge on any atom is 0.246 e. The molecule has 0 radical (unpaired) electrons. The summed E-state index contributed by atoms with van der Waals surface area (Å²) in [7, 11) is 1.80. The van der Waals surface area contributed by atoms with Gasteiger partial charge in [0.05, 0.1) is 16.3 Å². The van der Waals surface area contributed by atoms with Gasteiger partial charge in [-0.3, -0.25) is 4.79 Å². The van der Waals surface area contributed by atoms with Crippen LogP contribution in [0.3, 0.4) is 0 Å². The van der Waals surface area contributed by atoms with Crippen molar-refractivity contribution in [3.63, 3.8) is 0 Å². The third-order valence-corrected chi connectivity index (χ3v) is 4.35. The Labute approximate surface area is 123 Å². The molecule has 0 aliphatic heterocycles. The van der Waals surface area contributed by atoms with Crippen LogP contribution in [0.1, 0.15) is 24.9 Å². The summed E-state index contributed by atoms with van der Waals surface area (Å²) < 4.78 is 1.15. The van der Waals surface area contributed by atoms with Crippen LogP contribution in [0, 0.1) is 0 Å². The number of likely N-dealkylation sites (N-methyl/N-ethyl adjacent to an activating group) is 1. The third kappa shape index (κ3) is 3.14. The summed E-state index contributed by atoms with van der Waals surface area (Å²) in [6.07, 6.45) is 7.06. The largest absolute Gasteiger partial charge is 0.333 e. The van der Waals surface area contributed by atoms with Crippen LogP contribution >= 0.6 is 11.3 Å². The highest BCUT2D eigenvalue weighted by Gasteiger charge is 2.18. The third-order valence-electron chi connectivity index (χ3n) is 3.14. The molecule has 0 aliphatic rings. The van der Waals surface area contributed by atoms with Crippen LogP contribution in [-0.4, -0.2) is 22.8 Å². The van der Waals surface area contributed by atoms with E-state index in [4.69, 9.17) is 0 Å². The molecule has 2 rings (SSSR count). The lowest BCUT2D eigenvalue weighted by molar-refractivity contribution is -0.126. The van der Waals surface area contributed by atoms with E-state index in [-0.39, 0.29) is 11.9 Å². The van der Waals surface area contributed by atoms with Crippen LogP contribution in [0.15, 0.2) is 48.6 Å². The average molecular weight is 286 g/mol. The summed E-state index contributed by atoms with van der Waals surface area (Å²) in [6, 6.07) is 8.00. The van der Waals surface area contributed by atoms with Gasteiger partial charge in [-0.05, 0) is 26.0 Å². The Balaban J connectivity index is 2.17. The van der Waals surface area contributed by atoms with Gasteiger partial charge in [-0.15, -0.1) is 11.3 Å². The monoisotopic (exact) mass is 286 g/mol. The molecule has 0 N–H and O–H groups in total. The molecule has 3 nitrogen and oxygen atoms in total. The van der Waals surface area contributed by atoms with Crippen LogP contribution in [0.2, 0.25) is 0 Å². The number of carbonyl (C=O) groups is 1. The minimum Gasteiger partial charge on any atom is -0.333 e. The van der Waals surface area contributed by atoms with Gasteiger partial charge in [-0.2, -0.15) is 0 Å². The molecule has 0 spiro atoms. The van der Waals surface area contributed by atoms with E-state index in [0.717, 1.165) is 15.2 Å². The molecule has 104 valence electrons. The maximum absolute atomic E-state index is 12.0. The van der Waals surface area contributed by atoms with E-state index in [1.165, 1.54) is 0 Å². The second kappa shape index (κ2) is 6.48. The van der Waals surface area contributed by atoms with Crippen molar-refractivity contribution in [2.75, 3.05) is 7.05 Å². The molecule has 0 bridgehead atoms. The predicted molar refractivity (Wildman–Crippen MR) is 84.8 cm³/mol. The summed E-state index contributed by atoms with van der Waals surface area (Å²) in [5, 5.41) is 0.960. The number of aromatic nitrogens is 1. The molecule has 1 heterocycles. The topological polar surface area (TPSA) is 33.2 Å². The zero-order chi connectivity index (χ0) is 14.5. The molecule has 4 heteroatoms. The Morgan fingerprint density at radius 2 is 2.10 bits per heavy atom. The summed E-state index contributed by atoms with van der Waals surface area (Å²) in [5.41, 5.74) is 0.990. The Kier molecular flexibility index (Phi) is 4.69. The van der Waals surface area contributed by atoms with Gasteiger partial charge in [0.25, 0.3) is 0 Å². The first-order chi connectivity index (χ1) is 9.63. The van der Waals surface area contributed by atoms with Gasteiger partial charge in [0, 0.05) is 13.1 Å². The maximum atomic E-state index is 12.0. The molecule has 0 fully saturated rings. The smallest absolute Gasteiger partial charge is 0.246 e. The zero-order valence-corrected chi connectivity index (χ0v) is 12.7. The van der Waals surface area contributed by atoms with Crippen molar-refractivity contribution in [2.24, 2.45) is 0 Å². The molecular weight excluding hydrogens is 268 g/mol. The fourth-order valence-electron chi connectivity index (χ4n) is 1.79. The number of amides is 1. The molecule has 1 aromatic carbocycles. The van der Waals surface area contributed by atoms with Crippen LogP contribution < -0.4 is 0 Å². The summed E-state index contributed by atoms with van der Waals surface area (Å²) in [5.74, 6) is -0.0187. The lowest BCUT2D eigenvalue weighted by Crippen LogP contribution is -2.27. The number of nitrogens with zero attached hydrogens (tertiary/aromatic N) is 2. The molecule has 0 saturated carbocycles. The van der Waals surface area contributed by atoms with Gasteiger partial charge in [-0.1, -0.05) is 30.4 Å². The highest BCUT2D eigenvalue weighted by atomic mass is 32.1. The van der Waals surface area contributed by atoms with Gasteiger partial charge < -0.3 is 4.90 Å². The number of fused-ring (bicyclic) bond motifs is 1. The van der Waals surface area contributed by atoms with E-state index < -0.39 is 0 Å². The summed E-state index contributed by atoms with van der Waals surface area (Å²) >= 11 is 1.64. The Bertz CT molecular complexity index is 624. The summed E-state index contributed by atoms with van der Waals surface area (Å²) in [4.78, 5) is 18.3. The molecule has 1 atom stereocenters. The highest BCUT2D eigenvalue weighted by Crippen LogP contribution is 2.28. The molecule has 1 amide bonds. The van der Waals surface area contributed by atoms with Crippen LogP contribution in [0.25, 0.3) is 10.2 Å². The van der Waals surface area contributed by atoms with Gasteiger partial charge >= 0.3 is 0 Å². The number of hydrogen-bond acceptors (Lipinski definition) is 3. The second-order valence-corrected chi connectivity index (χ2v) is 5.59. The van der Waals surface area contributed by atoms with Gasteiger partial charge in [0.2, 0.25) is 5.91 Å². The normalized spacial score (nSPS) is 13.3. The number of para-hydroxylation sites is 1. The fraction of sp³-hybridized carbons (Fsp3) is 0.250. The van der Waals surface area contributed by atoms with Crippen molar-refractivity contribution >= 4 is 27.5 Å².